The first-order chi connectivity index (χ1) is 4.54. The van der Waals surface area contributed by atoms with Crippen LogP contribution >= 0.6 is 11.6 Å². The Labute approximate surface area is 67.9 Å². The average Bonchev–Trinajstić information content (AvgIpc) is 1.82. The van der Waals surface area contributed by atoms with Gasteiger partial charge in [0.15, 0.2) is 0 Å². The molecule has 0 saturated carbocycles. The average molecular weight is 157 g/mol. The molecule has 0 N–H and O–H groups in total. The maximum Gasteiger partial charge on any atom is 0.0334 e. The molecule has 56 valence electrons. The van der Waals surface area contributed by atoms with Gasteiger partial charge in [0.2, 0.25) is 0 Å². The van der Waals surface area contributed by atoms with Gasteiger partial charge in [-0.2, -0.15) is 0 Å². The predicted octanol–water partition coefficient (Wildman–Crippen LogP) is 3.65. The molecule has 0 atom stereocenters. The summed E-state index contributed by atoms with van der Waals surface area (Å²) >= 11 is 5.52. The molecule has 0 nitrogen and oxygen atoms in total. The van der Waals surface area contributed by atoms with Crippen LogP contribution in [0.4, 0.5) is 0 Å². The Bertz CT molecular complexity index is 181. The van der Waals surface area contributed by atoms with Gasteiger partial charge in [-0.05, 0) is 26.8 Å². The van der Waals surface area contributed by atoms with Crippen molar-refractivity contribution in [3.8, 4) is 0 Å². The number of halogens is 1. The fraction of sp³-hybridized carbons (Fsp3) is 0.333. The molecule has 0 aliphatic carbocycles. The highest BCUT2D eigenvalue weighted by molar-refractivity contribution is 6.30. The maximum absolute atomic E-state index is 5.52. The van der Waals surface area contributed by atoms with Crippen LogP contribution in [0.3, 0.4) is 0 Å². The van der Waals surface area contributed by atoms with Gasteiger partial charge in [0.05, 0.1) is 0 Å². The molecule has 0 unspecified atom stereocenters. The van der Waals surface area contributed by atoms with Gasteiger partial charge in [-0.3, -0.25) is 0 Å². The van der Waals surface area contributed by atoms with Crippen LogP contribution < -0.4 is 0 Å². The van der Waals surface area contributed by atoms with Crippen molar-refractivity contribution in [3.63, 3.8) is 0 Å². The van der Waals surface area contributed by atoms with E-state index < -0.39 is 0 Å². The van der Waals surface area contributed by atoms with Crippen LogP contribution in [-0.4, -0.2) is 0 Å². The molecule has 0 radical (unpaired) electrons. The Balaban J connectivity index is 4.16. The summed E-state index contributed by atoms with van der Waals surface area (Å²) in [6, 6.07) is 0. The summed E-state index contributed by atoms with van der Waals surface area (Å²) in [6.07, 6.45) is 3.76. The van der Waals surface area contributed by atoms with Gasteiger partial charge in [0.25, 0.3) is 0 Å². The van der Waals surface area contributed by atoms with Crippen LogP contribution in [0.2, 0.25) is 0 Å². The summed E-state index contributed by atoms with van der Waals surface area (Å²) in [5.41, 5.74) is 2.54. The minimum absolute atomic E-state index is 0.570. The fourth-order valence-corrected chi connectivity index (χ4v) is 0.445. The van der Waals surface area contributed by atoms with E-state index in [1.165, 1.54) is 11.1 Å². The zero-order valence-corrected chi connectivity index (χ0v) is 7.50. The third kappa shape index (κ3) is 4.39. The number of hydrogen-bond donors (Lipinski definition) is 0. The summed E-state index contributed by atoms with van der Waals surface area (Å²) in [5.74, 6) is 0. The van der Waals surface area contributed by atoms with Crippen molar-refractivity contribution >= 4 is 11.6 Å². The molecule has 0 fully saturated rings. The molecule has 0 aromatic carbocycles. The smallest absolute Gasteiger partial charge is 0.0334 e. The van der Waals surface area contributed by atoms with Crippen molar-refractivity contribution in [3.05, 3.63) is 34.9 Å². The van der Waals surface area contributed by atoms with E-state index in [0.29, 0.717) is 5.03 Å². The highest BCUT2D eigenvalue weighted by atomic mass is 35.5. The number of allylic oxidation sites excluding steroid dienone is 5. The van der Waals surface area contributed by atoms with Crippen molar-refractivity contribution in [2.45, 2.75) is 20.8 Å². The fourth-order valence-electron chi connectivity index (χ4n) is 0.382. The molecule has 0 rings (SSSR count). The maximum atomic E-state index is 5.52. The van der Waals surface area contributed by atoms with Crippen molar-refractivity contribution in [2.24, 2.45) is 0 Å². The Kier molecular flexibility index (Phi) is 4.13. The van der Waals surface area contributed by atoms with Crippen LogP contribution in [0.1, 0.15) is 20.8 Å². The Morgan fingerprint density at radius 3 is 2.00 bits per heavy atom. The van der Waals surface area contributed by atoms with Gasteiger partial charge in [-0.15, -0.1) is 0 Å². The van der Waals surface area contributed by atoms with Crippen molar-refractivity contribution in [1.29, 1.82) is 0 Å². The van der Waals surface area contributed by atoms with Gasteiger partial charge in [-0.1, -0.05) is 35.4 Å². The summed E-state index contributed by atoms with van der Waals surface area (Å²) in [7, 11) is 0. The first kappa shape index (κ1) is 9.51. The molecule has 0 aliphatic heterocycles. The molecule has 0 spiro atoms. The van der Waals surface area contributed by atoms with E-state index in [1.54, 1.807) is 6.08 Å². The highest BCUT2D eigenvalue weighted by Gasteiger charge is 1.84. The van der Waals surface area contributed by atoms with Crippen molar-refractivity contribution < 1.29 is 0 Å². The van der Waals surface area contributed by atoms with Gasteiger partial charge in [0.1, 0.15) is 0 Å². The molecule has 0 heterocycles. The molecular formula is C9H13Cl. The molecule has 0 aromatic rings. The lowest BCUT2D eigenvalue weighted by Crippen LogP contribution is -1.72. The Morgan fingerprint density at radius 2 is 1.70 bits per heavy atom. The molecule has 0 saturated heterocycles. The predicted molar refractivity (Wildman–Crippen MR) is 48.2 cm³/mol. The topological polar surface area (TPSA) is 0 Å². The lowest BCUT2D eigenvalue weighted by molar-refractivity contribution is 1.29. The summed E-state index contributed by atoms with van der Waals surface area (Å²) in [5, 5.41) is 0.570. The van der Waals surface area contributed by atoms with E-state index in [9.17, 15) is 0 Å². The minimum Gasteiger partial charge on any atom is -0.0850 e. The van der Waals surface area contributed by atoms with Gasteiger partial charge >= 0.3 is 0 Å². The van der Waals surface area contributed by atoms with Crippen LogP contribution in [0.5, 0.6) is 0 Å². The minimum atomic E-state index is 0.570. The van der Waals surface area contributed by atoms with Gasteiger partial charge in [0, 0.05) is 5.03 Å². The molecule has 10 heavy (non-hydrogen) atoms. The van der Waals surface area contributed by atoms with Gasteiger partial charge in [-0.25, -0.2) is 0 Å². The number of rotatable bonds is 2. The Morgan fingerprint density at radius 1 is 1.20 bits per heavy atom. The van der Waals surface area contributed by atoms with Crippen LogP contribution in [0, 0.1) is 0 Å². The third-order valence-corrected chi connectivity index (χ3v) is 1.43. The standard InChI is InChI=1S/C9H13Cl/c1-7(2)8(3)5-6-9(4)10/h5-6H,4H2,1-3H3/b6-5-. The first-order valence-corrected chi connectivity index (χ1v) is 3.58. The Hall–Kier alpha value is -0.490. The second kappa shape index (κ2) is 4.35. The summed E-state index contributed by atoms with van der Waals surface area (Å²) in [4.78, 5) is 0. The van der Waals surface area contributed by atoms with E-state index in [0.717, 1.165) is 0 Å². The van der Waals surface area contributed by atoms with Gasteiger partial charge < -0.3 is 0 Å². The van der Waals surface area contributed by atoms with E-state index in [1.807, 2.05) is 13.0 Å². The summed E-state index contributed by atoms with van der Waals surface area (Å²) in [6.45, 7) is 9.72. The van der Waals surface area contributed by atoms with Crippen LogP contribution in [-0.2, 0) is 0 Å². The molecule has 0 aromatic heterocycles. The third-order valence-electron chi connectivity index (χ3n) is 1.30. The molecule has 0 aliphatic rings. The van der Waals surface area contributed by atoms with Crippen LogP contribution in [0.25, 0.3) is 0 Å². The SMILES string of the molecule is C=C(Cl)/C=C\C(C)=C(C)C. The van der Waals surface area contributed by atoms with Crippen LogP contribution in [0.15, 0.2) is 34.9 Å². The van der Waals surface area contributed by atoms with Crippen molar-refractivity contribution in [1.82, 2.24) is 0 Å². The quantitative estimate of drug-likeness (QED) is 0.536. The second-order valence-electron chi connectivity index (χ2n) is 2.46. The first-order valence-electron chi connectivity index (χ1n) is 3.20. The molecule has 0 amide bonds. The largest absolute Gasteiger partial charge is 0.0850 e. The second-order valence-corrected chi connectivity index (χ2v) is 2.95. The monoisotopic (exact) mass is 156 g/mol. The zero-order valence-electron chi connectivity index (χ0n) is 6.74. The lowest BCUT2D eigenvalue weighted by Gasteiger charge is -1.93. The van der Waals surface area contributed by atoms with E-state index in [2.05, 4.69) is 20.4 Å². The van der Waals surface area contributed by atoms with E-state index in [4.69, 9.17) is 11.6 Å². The van der Waals surface area contributed by atoms with E-state index in [-0.39, 0.29) is 0 Å². The molecular weight excluding hydrogens is 144 g/mol. The van der Waals surface area contributed by atoms with Crippen molar-refractivity contribution in [2.75, 3.05) is 0 Å². The van der Waals surface area contributed by atoms with E-state index >= 15 is 0 Å². The summed E-state index contributed by atoms with van der Waals surface area (Å²) < 4.78 is 0. The molecule has 1 heteroatoms. The highest BCUT2D eigenvalue weighted by Crippen LogP contribution is 2.06. The number of hydrogen-bond acceptors (Lipinski definition) is 0. The normalized spacial score (nSPS) is 10.0. The molecule has 0 bridgehead atoms. The zero-order chi connectivity index (χ0) is 8.15. The lowest BCUT2D eigenvalue weighted by atomic mass is 10.2.